The van der Waals surface area contributed by atoms with E-state index in [0.717, 1.165) is 6.07 Å². The number of anilines is 1. The average Bonchev–Trinajstić information content (AvgIpc) is 2.47. The van der Waals surface area contributed by atoms with E-state index >= 15 is 0 Å². The lowest BCUT2D eigenvalue weighted by Crippen LogP contribution is -2.10. The van der Waals surface area contributed by atoms with Crippen LogP contribution in [0, 0.1) is 10.1 Å². The number of hydrogen-bond donors (Lipinski definition) is 1. The van der Waals surface area contributed by atoms with Crippen LogP contribution in [0.15, 0.2) is 42.5 Å². The molecule has 0 heterocycles. The molecule has 0 amide bonds. The van der Waals surface area contributed by atoms with Gasteiger partial charge in [-0.1, -0.05) is 29.8 Å². The fourth-order valence-corrected chi connectivity index (χ4v) is 2.22. The van der Waals surface area contributed by atoms with Crippen molar-refractivity contribution in [3.63, 3.8) is 0 Å². The fourth-order valence-electron chi connectivity index (χ4n) is 1.93. The van der Waals surface area contributed by atoms with Crippen molar-refractivity contribution < 1.29 is 14.5 Å². The van der Waals surface area contributed by atoms with E-state index in [4.69, 9.17) is 22.1 Å². The summed E-state index contributed by atoms with van der Waals surface area (Å²) in [4.78, 5) is 22.3. The quantitative estimate of drug-likeness (QED) is 0.400. The van der Waals surface area contributed by atoms with Crippen molar-refractivity contribution in [1.82, 2.24) is 0 Å². The molecule has 0 radical (unpaired) electrons. The Morgan fingerprint density at radius 2 is 2.00 bits per heavy atom. The molecule has 0 unspecified atom stereocenters. The van der Waals surface area contributed by atoms with Crippen LogP contribution in [0.3, 0.4) is 0 Å². The molecule has 0 bridgehead atoms. The first-order chi connectivity index (χ1) is 10.4. The molecule has 0 aliphatic heterocycles. The summed E-state index contributed by atoms with van der Waals surface area (Å²) in [5.41, 5.74) is 5.86. The van der Waals surface area contributed by atoms with E-state index in [2.05, 4.69) is 0 Å². The number of halogens is 1. The zero-order valence-corrected chi connectivity index (χ0v) is 12.4. The number of nitro groups is 1. The Labute approximate surface area is 131 Å². The Bertz CT molecular complexity index is 733. The predicted octanol–water partition coefficient (Wildman–Crippen LogP) is 3.75. The second-order valence-electron chi connectivity index (χ2n) is 4.60. The fraction of sp³-hybridized carbons (Fsp3) is 0.133. The summed E-state index contributed by atoms with van der Waals surface area (Å²) >= 11 is 6.04. The van der Waals surface area contributed by atoms with Gasteiger partial charge in [0.2, 0.25) is 0 Å². The number of nitrogens with two attached hydrogens (primary N) is 1. The summed E-state index contributed by atoms with van der Waals surface area (Å²) in [5.74, 6) is -0.685. The topological polar surface area (TPSA) is 95.5 Å². The average molecular weight is 321 g/mol. The molecular weight excluding hydrogens is 308 g/mol. The van der Waals surface area contributed by atoms with Gasteiger partial charge in [0.25, 0.3) is 5.69 Å². The predicted molar refractivity (Wildman–Crippen MR) is 82.8 cm³/mol. The summed E-state index contributed by atoms with van der Waals surface area (Å²) in [6.45, 7) is 1.67. The number of nitrogens with zero attached hydrogens (tertiary/aromatic N) is 1. The van der Waals surface area contributed by atoms with Crippen LogP contribution in [0.2, 0.25) is 5.02 Å². The smallest absolute Gasteiger partial charge is 0.338 e. The molecule has 114 valence electrons. The molecule has 1 atom stereocenters. The number of hydrogen-bond acceptors (Lipinski definition) is 5. The molecule has 6 nitrogen and oxygen atoms in total. The summed E-state index contributed by atoms with van der Waals surface area (Å²) < 4.78 is 5.29. The Kier molecular flexibility index (Phi) is 4.62. The minimum absolute atomic E-state index is 0.0132. The second kappa shape index (κ2) is 6.44. The molecular formula is C15H13ClN2O4. The van der Waals surface area contributed by atoms with Gasteiger partial charge in [-0.2, -0.15) is 0 Å². The van der Waals surface area contributed by atoms with Crippen molar-refractivity contribution in [2.24, 2.45) is 0 Å². The molecule has 0 spiro atoms. The molecule has 7 heteroatoms. The van der Waals surface area contributed by atoms with Crippen LogP contribution in [0.1, 0.15) is 28.9 Å². The van der Waals surface area contributed by atoms with Crippen LogP contribution in [0.25, 0.3) is 0 Å². The van der Waals surface area contributed by atoms with Gasteiger partial charge in [-0.3, -0.25) is 10.1 Å². The molecule has 2 aromatic carbocycles. The third kappa shape index (κ3) is 3.35. The molecule has 0 saturated carbocycles. The highest BCUT2D eigenvalue weighted by Crippen LogP contribution is 2.27. The number of benzene rings is 2. The minimum Gasteiger partial charge on any atom is -0.454 e. The van der Waals surface area contributed by atoms with Gasteiger partial charge in [-0.15, -0.1) is 0 Å². The van der Waals surface area contributed by atoms with E-state index in [-0.39, 0.29) is 16.9 Å². The number of carbonyl (C=O) groups excluding carboxylic acids is 1. The second-order valence-corrected chi connectivity index (χ2v) is 5.01. The van der Waals surface area contributed by atoms with Crippen LogP contribution in [-0.4, -0.2) is 10.9 Å². The minimum atomic E-state index is -0.685. The van der Waals surface area contributed by atoms with Crippen molar-refractivity contribution in [1.29, 1.82) is 0 Å². The first kappa shape index (κ1) is 15.8. The molecule has 0 saturated heterocycles. The standard InChI is InChI=1S/C15H13ClN2O4/c1-9(11-4-2-3-5-12(11)16)22-15(19)10-6-7-13(17)14(8-10)18(20)21/h2-9H,17H2,1H3/t9-/m0/s1. The monoisotopic (exact) mass is 320 g/mol. The molecule has 0 fully saturated rings. The lowest BCUT2D eigenvalue weighted by atomic mass is 10.1. The number of carbonyl (C=O) groups is 1. The highest BCUT2D eigenvalue weighted by Gasteiger charge is 2.19. The van der Waals surface area contributed by atoms with E-state index in [1.54, 1.807) is 31.2 Å². The number of rotatable bonds is 4. The molecule has 2 N–H and O–H groups in total. The highest BCUT2D eigenvalue weighted by atomic mass is 35.5. The van der Waals surface area contributed by atoms with E-state index in [1.165, 1.54) is 12.1 Å². The summed E-state index contributed by atoms with van der Waals surface area (Å²) in [6, 6.07) is 10.8. The van der Waals surface area contributed by atoms with E-state index < -0.39 is 17.0 Å². The number of ether oxygens (including phenoxy) is 1. The largest absolute Gasteiger partial charge is 0.454 e. The Balaban J connectivity index is 2.21. The van der Waals surface area contributed by atoms with Crippen LogP contribution >= 0.6 is 11.6 Å². The van der Waals surface area contributed by atoms with E-state index in [9.17, 15) is 14.9 Å². The zero-order chi connectivity index (χ0) is 16.3. The van der Waals surface area contributed by atoms with Crippen LogP contribution in [0.4, 0.5) is 11.4 Å². The first-order valence-electron chi connectivity index (χ1n) is 6.39. The Hall–Kier alpha value is -2.60. The zero-order valence-electron chi connectivity index (χ0n) is 11.7. The lowest BCUT2D eigenvalue weighted by molar-refractivity contribution is -0.383. The van der Waals surface area contributed by atoms with Gasteiger partial charge >= 0.3 is 5.97 Å². The van der Waals surface area contributed by atoms with Gasteiger partial charge in [0, 0.05) is 16.7 Å². The van der Waals surface area contributed by atoms with Crippen molar-refractivity contribution in [2.75, 3.05) is 5.73 Å². The van der Waals surface area contributed by atoms with Crippen LogP contribution in [-0.2, 0) is 4.74 Å². The van der Waals surface area contributed by atoms with Crippen molar-refractivity contribution in [3.8, 4) is 0 Å². The third-order valence-corrected chi connectivity index (χ3v) is 3.43. The Morgan fingerprint density at radius 3 is 2.64 bits per heavy atom. The summed E-state index contributed by atoms with van der Waals surface area (Å²) in [6.07, 6.45) is -0.585. The van der Waals surface area contributed by atoms with Crippen LogP contribution < -0.4 is 5.73 Å². The number of esters is 1. The molecule has 0 aliphatic rings. The summed E-state index contributed by atoms with van der Waals surface area (Å²) in [5, 5.41) is 11.3. The molecule has 22 heavy (non-hydrogen) atoms. The molecule has 2 aromatic rings. The Morgan fingerprint density at radius 1 is 1.32 bits per heavy atom. The normalized spacial score (nSPS) is 11.7. The maximum absolute atomic E-state index is 12.1. The highest BCUT2D eigenvalue weighted by molar-refractivity contribution is 6.31. The van der Waals surface area contributed by atoms with Crippen LogP contribution in [0.5, 0.6) is 0 Å². The SMILES string of the molecule is C[C@H](OC(=O)c1ccc(N)c([N+](=O)[O-])c1)c1ccccc1Cl. The van der Waals surface area contributed by atoms with E-state index in [0.29, 0.717) is 10.6 Å². The number of nitro benzene ring substituents is 1. The maximum Gasteiger partial charge on any atom is 0.338 e. The van der Waals surface area contributed by atoms with Gasteiger partial charge in [-0.25, -0.2) is 4.79 Å². The summed E-state index contributed by atoms with van der Waals surface area (Å²) in [7, 11) is 0. The lowest BCUT2D eigenvalue weighted by Gasteiger charge is -2.15. The number of nitrogen functional groups attached to an aromatic ring is 1. The first-order valence-corrected chi connectivity index (χ1v) is 6.77. The van der Waals surface area contributed by atoms with Gasteiger partial charge in [0.15, 0.2) is 0 Å². The van der Waals surface area contributed by atoms with Crippen molar-refractivity contribution in [3.05, 3.63) is 68.7 Å². The maximum atomic E-state index is 12.1. The third-order valence-electron chi connectivity index (χ3n) is 3.09. The van der Waals surface area contributed by atoms with E-state index in [1.807, 2.05) is 0 Å². The van der Waals surface area contributed by atoms with Gasteiger partial charge in [0.1, 0.15) is 11.8 Å². The van der Waals surface area contributed by atoms with Crippen molar-refractivity contribution >= 4 is 28.9 Å². The molecule has 0 aromatic heterocycles. The van der Waals surface area contributed by atoms with Gasteiger partial charge in [0.05, 0.1) is 10.5 Å². The van der Waals surface area contributed by atoms with Gasteiger partial charge < -0.3 is 10.5 Å². The molecule has 0 aliphatic carbocycles. The molecule has 2 rings (SSSR count). The van der Waals surface area contributed by atoms with Gasteiger partial charge in [-0.05, 0) is 25.1 Å². The van der Waals surface area contributed by atoms with Crippen molar-refractivity contribution in [2.45, 2.75) is 13.0 Å².